The number of nitrogens with two attached hydrogens (primary N) is 1. The van der Waals surface area contributed by atoms with Crippen LogP contribution in [0.1, 0.15) is 44.6 Å². The Labute approximate surface area is 139 Å². The van der Waals surface area contributed by atoms with Gasteiger partial charge in [0, 0.05) is 12.2 Å². The maximum atomic E-state index is 5.96. The number of benzene rings is 1. The average molecular weight is 387 g/mol. The van der Waals surface area contributed by atoms with Crippen LogP contribution in [0.15, 0.2) is 29.3 Å². The molecule has 4 heteroatoms. The van der Waals surface area contributed by atoms with E-state index in [0.29, 0.717) is 11.4 Å². The number of aliphatic imine (C=N–C) groups is 1. The first-order chi connectivity index (χ1) is 9.13. The third-order valence-corrected chi connectivity index (χ3v) is 4.10. The lowest BCUT2D eigenvalue weighted by Gasteiger charge is -2.40. The molecule has 0 unspecified atom stereocenters. The molecule has 0 atom stereocenters. The number of nitrogens with one attached hydrogen (secondary N) is 1. The fourth-order valence-corrected chi connectivity index (χ4v) is 2.77. The number of hydrogen-bond acceptors (Lipinski definition) is 1. The molecule has 1 aliphatic rings. The number of guanidine groups is 1. The maximum absolute atomic E-state index is 5.96. The Hall–Kier alpha value is -0.780. The van der Waals surface area contributed by atoms with Crippen LogP contribution >= 0.6 is 24.0 Å². The Morgan fingerprint density at radius 2 is 1.95 bits per heavy atom. The number of rotatable bonds is 5. The molecule has 2 rings (SSSR count). The fraction of sp³-hybridized carbons (Fsp3) is 0.562. The van der Waals surface area contributed by atoms with Crippen LogP contribution in [-0.2, 0) is 0 Å². The van der Waals surface area contributed by atoms with E-state index in [2.05, 4.69) is 36.3 Å². The summed E-state index contributed by atoms with van der Waals surface area (Å²) in [5.41, 5.74) is 8.66. The van der Waals surface area contributed by atoms with E-state index in [-0.39, 0.29) is 24.0 Å². The van der Waals surface area contributed by atoms with Gasteiger partial charge >= 0.3 is 0 Å². The van der Waals surface area contributed by atoms with Gasteiger partial charge in [-0.05, 0) is 43.7 Å². The topological polar surface area (TPSA) is 50.4 Å². The number of hydrogen-bond donors (Lipinski definition) is 2. The predicted molar refractivity (Wildman–Crippen MR) is 97.9 cm³/mol. The Morgan fingerprint density at radius 1 is 1.30 bits per heavy atom. The van der Waals surface area contributed by atoms with Gasteiger partial charge < -0.3 is 11.1 Å². The van der Waals surface area contributed by atoms with Gasteiger partial charge in [0.05, 0.1) is 0 Å². The van der Waals surface area contributed by atoms with Crippen molar-refractivity contribution in [3.8, 4) is 0 Å². The van der Waals surface area contributed by atoms with Crippen LogP contribution in [0.2, 0.25) is 0 Å². The zero-order chi connectivity index (χ0) is 13.7. The summed E-state index contributed by atoms with van der Waals surface area (Å²) in [6, 6.07) is 8.20. The molecule has 0 bridgehead atoms. The van der Waals surface area contributed by atoms with Crippen LogP contribution in [0.4, 0.5) is 5.69 Å². The van der Waals surface area contributed by atoms with Gasteiger partial charge in [0.15, 0.2) is 5.96 Å². The highest BCUT2D eigenvalue weighted by molar-refractivity contribution is 14.0. The molecule has 0 radical (unpaired) electrons. The van der Waals surface area contributed by atoms with Crippen molar-refractivity contribution in [2.24, 2.45) is 16.1 Å². The van der Waals surface area contributed by atoms with Gasteiger partial charge in [-0.3, -0.25) is 4.99 Å². The summed E-state index contributed by atoms with van der Waals surface area (Å²) >= 11 is 0. The Kier molecular flexibility index (Phi) is 6.79. The minimum Gasteiger partial charge on any atom is -0.370 e. The van der Waals surface area contributed by atoms with Crippen LogP contribution in [0.5, 0.6) is 0 Å². The third kappa shape index (κ3) is 4.65. The van der Waals surface area contributed by atoms with E-state index < -0.39 is 0 Å². The average Bonchev–Trinajstić information content (AvgIpc) is 2.35. The van der Waals surface area contributed by atoms with Gasteiger partial charge in [-0.2, -0.15) is 0 Å². The van der Waals surface area contributed by atoms with Crippen molar-refractivity contribution in [1.29, 1.82) is 0 Å². The van der Waals surface area contributed by atoms with Crippen LogP contribution in [0, 0.1) is 12.3 Å². The Morgan fingerprint density at radius 3 is 2.45 bits per heavy atom. The second-order valence-electron chi connectivity index (χ2n) is 5.80. The summed E-state index contributed by atoms with van der Waals surface area (Å²) < 4.78 is 0. The van der Waals surface area contributed by atoms with E-state index in [1.165, 1.54) is 37.7 Å². The Bertz CT molecular complexity index is 436. The molecule has 0 spiro atoms. The minimum atomic E-state index is 0. The fourth-order valence-electron chi connectivity index (χ4n) is 2.77. The van der Waals surface area contributed by atoms with Crippen LogP contribution < -0.4 is 11.1 Å². The molecule has 1 aromatic carbocycles. The van der Waals surface area contributed by atoms with Crippen LogP contribution in [0.3, 0.4) is 0 Å². The van der Waals surface area contributed by atoms with E-state index >= 15 is 0 Å². The highest BCUT2D eigenvalue weighted by Gasteiger charge is 2.35. The largest absolute Gasteiger partial charge is 0.370 e. The van der Waals surface area contributed by atoms with Crippen molar-refractivity contribution in [3.05, 3.63) is 29.8 Å². The molecule has 20 heavy (non-hydrogen) atoms. The van der Waals surface area contributed by atoms with Gasteiger partial charge in [0.1, 0.15) is 0 Å². The summed E-state index contributed by atoms with van der Waals surface area (Å²) in [6.45, 7) is 5.19. The van der Waals surface area contributed by atoms with Crippen molar-refractivity contribution in [3.63, 3.8) is 0 Å². The molecule has 0 heterocycles. The molecule has 0 aliphatic heterocycles. The van der Waals surface area contributed by atoms with Crippen molar-refractivity contribution >= 4 is 35.6 Å². The second kappa shape index (κ2) is 7.86. The second-order valence-corrected chi connectivity index (χ2v) is 5.80. The predicted octanol–water partition coefficient (Wildman–Crippen LogP) is 4.31. The van der Waals surface area contributed by atoms with Crippen molar-refractivity contribution in [2.75, 3.05) is 11.9 Å². The quantitative estimate of drug-likeness (QED) is 0.449. The highest BCUT2D eigenvalue weighted by Crippen LogP contribution is 2.44. The molecule has 1 saturated carbocycles. The number of anilines is 1. The summed E-state index contributed by atoms with van der Waals surface area (Å²) in [6.07, 6.45) is 6.47. The molecule has 3 nitrogen and oxygen atoms in total. The number of aryl methyl sites for hydroxylation is 1. The molecule has 0 saturated heterocycles. The molecular formula is C16H26IN3. The summed E-state index contributed by atoms with van der Waals surface area (Å²) in [5, 5.41) is 3.16. The van der Waals surface area contributed by atoms with E-state index in [0.717, 1.165) is 12.2 Å². The first-order valence-electron chi connectivity index (χ1n) is 7.27. The van der Waals surface area contributed by atoms with E-state index in [1.54, 1.807) is 0 Å². The number of nitrogens with zero attached hydrogens (tertiary/aromatic N) is 1. The molecule has 112 valence electrons. The van der Waals surface area contributed by atoms with Crippen LogP contribution in [0.25, 0.3) is 0 Å². The van der Waals surface area contributed by atoms with Gasteiger partial charge in [0.2, 0.25) is 0 Å². The smallest absolute Gasteiger partial charge is 0.193 e. The van der Waals surface area contributed by atoms with Gasteiger partial charge in [-0.15, -0.1) is 24.0 Å². The molecule has 1 fully saturated rings. The molecule has 0 amide bonds. The van der Waals surface area contributed by atoms with Crippen LogP contribution in [-0.4, -0.2) is 12.5 Å². The zero-order valence-electron chi connectivity index (χ0n) is 12.5. The third-order valence-electron chi connectivity index (χ3n) is 4.10. The summed E-state index contributed by atoms with van der Waals surface area (Å²) in [7, 11) is 0. The van der Waals surface area contributed by atoms with Gasteiger partial charge in [-0.25, -0.2) is 0 Å². The van der Waals surface area contributed by atoms with Crippen molar-refractivity contribution in [2.45, 2.75) is 46.0 Å². The van der Waals surface area contributed by atoms with E-state index in [4.69, 9.17) is 5.73 Å². The summed E-state index contributed by atoms with van der Waals surface area (Å²) in [5.74, 6) is 0.534. The minimum absolute atomic E-state index is 0. The molecule has 0 aromatic heterocycles. The van der Waals surface area contributed by atoms with E-state index in [1.807, 2.05) is 12.1 Å². The molecular weight excluding hydrogens is 361 g/mol. The maximum Gasteiger partial charge on any atom is 0.193 e. The molecule has 1 aromatic rings. The lowest BCUT2D eigenvalue weighted by Crippen LogP contribution is -2.34. The van der Waals surface area contributed by atoms with Crippen molar-refractivity contribution in [1.82, 2.24) is 0 Å². The first kappa shape index (κ1) is 17.3. The molecule has 3 N–H and O–H groups in total. The Balaban J connectivity index is 0.00000200. The van der Waals surface area contributed by atoms with Gasteiger partial charge in [-0.1, -0.05) is 37.5 Å². The monoisotopic (exact) mass is 387 g/mol. The summed E-state index contributed by atoms with van der Waals surface area (Å²) in [4.78, 5) is 4.54. The molecule has 1 aliphatic carbocycles. The standard InChI is InChI=1S/C16H25N3.HI/c1-3-9-16(10-4-11-16)12-18-15(17)19-14-7-5-13(2)6-8-14;/h5-8H,3-4,9-12H2,1-2H3,(H3,17,18,19);1H. The van der Waals surface area contributed by atoms with Crippen molar-refractivity contribution < 1.29 is 0 Å². The lowest BCUT2D eigenvalue weighted by atomic mass is 9.66. The zero-order valence-corrected chi connectivity index (χ0v) is 14.8. The lowest BCUT2D eigenvalue weighted by molar-refractivity contribution is 0.130. The SMILES string of the molecule is CCCC1(CN=C(N)Nc2ccc(C)cc2)CCC1.I. The number of halogens is 1. The highest BCUT2D eigenvalue weighted by atomic mass is 127. The van der Waals surface area contributed by atoms with Gasteiger partial charge in [0.25, 0.3) is 0 Å². The normalized spacial score (nSPS) is 17.0. The first-order valence-corrected chi connectivity index (χ1v) is 7.27. The van der Waals surface area contributed by atoms with E-state index in [9.17, 15) is 0 Å².